The predicted octanol–water partition coefficient (Wildman–Crippen LogP) is 3.56. The summed E-state index contributed by atoms with van der Waals surface area (Å²) in [5.74, 6) is 0.745. The van der Waals surface area contributed by atoms with Gasteiger partial charge in [-0.1, -0.05) is 20.8 Å². The van der Waals surface area contributed by atoms with Crippen LogP contribution >= 0.6 is 0 Å². The molecule has 0 saturated heterocycles. The van der Waals surface area contributed by atoms with Crippen molar-refractivity contribution in [2.45, 2.75) is 52.6 Å². The topological polar surface area (TPSA) is 0 Å². The molecule has 0 radical (unpaired) electrons. The molecule has 1 saturated carbocycles. The molecule has 0 aromatic carbocycles. The predicted molar refractivity (Wildman–Crippen MR) is 46.3 cm³/mol. The van der Waals surface area contributed by atoms with E-state index in [0.717, 1.165) is 31.6 Å². The fourth-order valence-corrected chi connectivity index (χ4v) is 1.92. The molecule has 0 aliphatic heterocycles. The van der Waals surface area contributed by atoms with Gasteiger partial charge in [-0.15, -0.1) is 0 Å². The van der Waals surface area contributed by atoms with Crippen LogP contribution in [0.1, 0.15) is 46.5 Å². The summed E-state index contributed by atoms with van der Waals surface area (Å²) in [6, 6.07) is 0. The maximum atomic E-state index is 12.7. The Hall–Kier alpha value is -0.0700. The van der Waals surface area contributed by atoms with Crippen molar-refractivity contribution in [1.82, 2.24) is 0 Å². The van der Waals surface area contributed by atoms with Crippen LogP contribution in [-0.2, 0) is 0 Å². The first kappa shape index (κ1) is 9.02. The molecule has 0 bridgehead atoms. The summed E-state index contributed by atoms with van der Waals surface area (Å²) < 4.78 is 12.7. The van der Waals surface area contributed by atoms with E-state index in [0.29, 0.717) is 5.41 Å². The van der Waals surface area contributed by atoms with Crippen molar-refractivity contribution in [1.29, 1.82) is 0 Å². The van der Waals surface area contributed by atoms with Gasteiger partial charge in [-0.05, 0) is 37.0 Å². The van der Waals surface area contributed by atoms with E-state index in [1.54, 1.807) is 0 Å². The third-order valence-electron chi connectivity index (χ3n) is 2.88. The standard InChI is InChI=1S/C10H19F/c1-10(2,3)8-4-6-9(11)7-5-8/h8-9H,4-7H2,1-3H3/t8-,9+. The van der Waals surface area contributed by atoms with E-state index in [9.17, 15) is 4.39 Å². The van der Waals surface area contributed by atoms with E-state index < -0.39 is 6.17 Å². The van der Waals surface area contributed by atoms with Gasteiger partial charge in [0.2, 0.25) is 0 Å². The van der Waals surface area contributed by atoms with Crippen LogP contribution in [0.5, 0.6) is 0 Å². The van der Waals surface area contributed by atoms with Crippen LogP contribution in [-0.4, -0.2) is 6.17 Å². The lowest BCUT2D eigenvalue weighted by atomic mass is 9.72. The molecule has 1 aliphatic rings. The zero-order valence-corrected chi connectivity index (χ0v) is 7.86. The Morgan fingerprint density at radius 3 is 1.82 bits per heavy atom. The molecule has 0 aromatic heterocycles. The Morgan fingerprint density at radius 2 is 1.45 bits per heavy atom. The summed E-state index contributed by atoms with van der Waals surface area (Å²) in [5, 5.41) is 0. The molecule has 1 heteroatoms. The van der Waals surface area contributed by atoms with Gasteiger partial charge < -0.3 is 0 Å². The average Bonchev–Trinajstić information content (AvgIpc) is 1.86. The van der Waals surface area contributed by atoms with Crippen molar-refractivity contribution in [2.24, 2.45) is 11.3 Å². The number of alkyl halides is 1. The summed E-state index contributed by atoms with van der Waals surface area (Å²) in [5.41, 5.74) is 0.389. The lowest BCUT2D eigenvalue weighted by molar-refractivity contribution is 0.127. The van der Waals surface area contributed by atoms with Crippen molar-refractivity contribution in [3.05, 3.63) is 0 Å². The van der Waals surface area contributed by atoms with Gasteiger partial charge in [-0.2, -0.15) is 0 Å². The molecule has 66 valence electrons. The Morgan fingerprint density at radius 1 is 1.00 bits per heavy atom. The summed E-state index contributed by atoms with van der Waals surface area (Å²) in [7, 11) is 0. The fraction of sp³-hybridized carbons (Fsp3) is 1.00. The molecule has 0 nitrogen and oxygen atoms in total. The van der Waals surface area contributed by atoms with E-state index in [1.807, 2.05) is 0 Å². The van der Waals surface area contributed by atoms with Gasteiger partial charge in [0.15, 0.2) is 0 Å². The molecule has 1 aliphatic carbocycles. The molecule has 0 amide bonds. The highest BCUT2D eigenvalue weighted by molar-refractivity contribution is 4.80. The van der Waals surface area contributed by atoms with Gasteiger partial charge in [0.25, 0.3) is 0 Å². The van der Waals surface area contributed by atoms with E-state index in [4.69, 9.17) is 0 Å². The summed E-state index contributed by atoms with van der Waals surface area (Å²) in [6.45, 7) is 6.78. The average molecular weight is 158 g/mol. The van der Waals surface area contributed by atoms with E-state index in [1.165, 1.54) is 0 Å². The smallest absolute Gasteiger partial charge is 0.100 e. The fourth-order valence-electron chi connectivity index (χ4n) is 1.92. The first-order chi connectivity index (χ1) is 5.00. The van der Waals surface area contributed by atoms with Crippen LogP contribution in [0, 0.1) is 11.3 Å². The molecule has 11 heavy (non-hydrogen) atoms. The Labute approximate surface area is 69.2 Å². The van der Waals surface area contributed by atoms with Crippen molar-refractivity contribution in [3.8, 4) is 0 Å². The molecule has 0 atom stereocenters. The second-order valence-electron chi connectivity index (χ2n) is 4.81. The SMILES string of the molecule is CC(C)(C)[C@H]1CC[C@@H](F)CC1. The number of halogens is 1. The maximum absolute atomic E-state index is 12.7. The molecular formula is C10H19F. The normalized spacial score (nSPS) is 33.8. The third-order valence-corrected chi connectivity index (χ3v) is 2.88. The minimum absolute atomic E-state index is 0.389. The van der Waals surface area contributed by atoms with Crippen LogP contribution in [0.3, 0.4) is 0 Å². The molecule has 0 heterocycles. The zero-order chi connectivity index (χ0) is 8.48. The van der Waals surface area contributed by atoms with Gasteiger partial charge in [0, 0.05) is 0 Å². The first-order valence-corrected chi connectivity index (χ1v) is 4.64. The van der Waals surface area contributed by atoms with Gasteiger partial charge >= 0.3 is 0 Å². The van der Waals surface area contributed by atoms with Crippen LogP contribution in [0.25, 0.3) is 0 Å². The largest absolute Gasteiger partial charge is 0.247 e. The van der Waals surface area contributed by atoms with Crippen LogP contribution < -0.4 is 0 Å². The second kappa shape index (κ2) is 3.12. The van der Waals surface area contributed by atoms with Crippen molar-refractivity contribution in [2.75, 3.05) is 0 Å². The molecule has 0 aromatic rings. The molecule has 0 N–H and O–H groups in total. The highest BCUT2D eigenvalue weighted by Gasteiger charge is 2.29. The van der Waals surface area contributed by atoms with E-state index in [2.05, 4.69) is 20.8 Å². The van der Waals surface area contributed by atoms with Gasteiger partial charge in [-0.3, -0.25) is 0 Å². The van der Waals surface area contributed by atoms with Gasteiger partial charge in [-0.25, -0.2) is 4.39 Å². The number of hydrogen-bond donors (Lipinski definition) is 0. The van der Waals surface area contributed by atoms with Gasteiger partial charge in [0.1, 0.15) is 6.17 Å². The van der Waals surface area contributed by atoms with Crippen LogP contribution in [0.4, 0.5) is 4.39 Å². The summed E-state index contributed by atoms with van der Waals surface area (Å²) in [6.07, 6.45) is 3.26. The molecule has 1 fully saturated rings. The Bertz CT molecular complexity index is 115. The van der Waals surface area contributed by atoms with Crippen molar-refractivity contribution in [3.63, 3.8) is 0 Å². The van der Waals surface area contributed by atoms with Crippen molar-refractivity contribution < 1.29 is 4.39 Å². The first-order valence-electron chi connectivity index (χ1n) is 4.64. The number of rotatable bonds is 0. The minimum Gasteiger partial charge on any atom is -0.247 e. The second-order valence-corrected chi connectivity index (χ2v) is 4.81. The summed E-state index contributed by atoms with van der Waals surface area (Å²) >= 11 is 0. The molecular weight excluding hydrogens is 139 g/mol. The summed E-state index contributed by atoms with van der Waals surface area (Å²) in [4.78, 5) is 0. The lowest BCUT2D eigenvalue weighted by Crippen LogP contribution is -2.26. The highest BCUT2D eigenvalue weighted by Crippen LogP contribution is 2.38. The van der Waals surface area contributed by atoms with Crippen molar-refractivity contribution >= 4 is 0 Å². The van der Waals surface area contributed by atoms with Crippen LogP contribution in [0.15, 0.2) is 0 Å². The maximum Gasteiger partial charge on any atom is 0.100 e. The molecule has 1 rings (SSSR count). The van der Waals surface area contributed by atoms with E-state index >= 15 is 0 Å². The lowest BCUT2D eigenvalue weighted by Gasteiger charge is -2.34. The third kappa shape index (κ3) is 2.46. The molecule has 0 spiro atoms. The monoisotopic (exact) mass is 158 g/mol. The minimum atomic E-state index is -0.506. The van der Waals surface area contributed by atoms with Gasteiger partial charge in [0.05, 0.1) is 0 Å². The van der Waals surface area contributed by atoms with Crippen LogP contribution in [0.2, 0.25) is 0 Å². The number of hydrogen-bond acceptors (Lipinski definition) is 0. The zero-order valence-electron chi connectivity index (χ0n) is 7.86. The quantitative estimate of drug-likeness (QED) is 0.505. The molecule has 0 unspecified atom stereocenters. The highest BCUT2D eigenvalue weighted by atomic mass is 19.1. The van der Waals surface area contributed by atoms with E-state index in [-0.39, 0.29) is 0 Å². The Kier molecular flexibility index (Phi) is 2.56. The Balaban J connectivity index is 2.39.